The fourth-order valence-corrected chi connectivity index (χ4v) is 3.21. The van der Waals surface area contributed by atoms with Crippen molar-refractivity contribution in [2.24, 2.45) is 5.92 Å². The molecule has 1 N–H and O–H groups in total. The Morgan fingerprint density at radius 1 is 1.25 bits per heavy atom. The Morgan fingerprint density at radius 2 is 1.95 bits per heavy atom. The van der Waals surface area contributed by atoms with Gasteiger partial charge in [-0.3, -0.25) is 4.89 Å². The fourth-order valence-electron chi connectivity index (χ4n) is 3.03. The molecule has 2 aliphatic rings. The van der Waals surface area contributed by atoms with Crippen LogP contribution in [-0.4, -0.2) is 51.3 Å². The summed E-state index contributed by atoms with van der Waals surface area (Å²) in [5, 5.41) is 3.28. The molecule has 2 rings (SSSR count). The summed E-state index contributed by atoms with van der Waals surface area (Å²) in [6.07, 6.45) is 5.95. The van der Waals surface area contributed by atoms with Gasteiger partial charge in [-0.15, -0.1) is 0 Å². The molecule has 1 heterocycles. The van der Waals surface area contributed by atoms with Gasteiger partial charge in [0.1, 0.15) is 0 Å². The van der Waals surface area contributed by atoms with Crippen LogP contribution in [0.25, 0.3) is 0 Å². The van der Waals surface area contributed by atoms with Gasteiger partial charge in [-0.25, -0.2) is 4.79 Å². The van der Waals surface area contributed by atoms with Gasteiger partial charge in [-0.1, -0.05) is 23.6 Å². The second-order valence-corrected chi connectivity index (χ2v) is 7.03. The smallest absolute Gasteiger partial charge is 0.313 e. The summed E-state index contributed by atoms with van der Waals surface area (Å²) >= 11 is 0. The Hall–Kier alpha value is -0.860. The first-order valence-electron chi connectivity index (χ1n) is 7.05. The molecule has 20 heavy (non-hydrogen) atoms. The number of amides is 1. The van der Waals surface area contributed by atoms with Crippen molar-refractivity contribution in [1.82, 2.24) is 10.2 Å². The van der Waals surface area contributed by atoms with Crippen LogP contribution < -0.4 is 5.32 Å². The third-order valence-corrected chi connectivity index (χ3v) is 4.26. The minimum Gasteiger partial charge on any atom is -0.313 e. The first-order valence-corrected chi connectivity index (χ1v) is 8.86. The van der Waals surface area contributed by atoms with Crippen molar-refractivity contribution in [3.8, 4) is 0 Å². The quantitative estimate of drug-likeness (QED) is 0.615. The number of nitrogens with one attached hydrogen (secondary N) is 1. The number of rotatable bonds is 3. The lowest BCUT2D eigenvalue weighted by molar-refractivity contribution is -0.152. The molecule has 0 radical (unpaired) electrons. The topological polar surface area (TPSA) is 84.9 Å². The highest BCUT2D eigenvalue weighted by atomic mass is 32.2. The van der Waals surface area contributed by atoms with Crippen molar-refractivity contribution in [1.29, 1.82) is 0 Å². The first kappa shape index (κ1) is 15.5. The Balaban J connectivity index is 1.96. The van der Waals surface area contributed by atoms with Gasteiger partial charge in [0.25, 0.3) is 10.1 Å². The molecular formula is C12H22N2O5S. The molecule has 8 heteroatoms. The van der Waals surface area contributed by atoms with Gasteiger partial charge in [-0.2, -0.15) is 8.42 Å². The van der Waals surface area contributed by atoms with E-state index in [4.69, 9.17) is 0 Å². The van der Waals surface area contributed by atoms with Crippen molar-refractivity contribution in [3.63, 3.8) is 0 Å². The number of piperazine rings is 1. The third-order valence-electron chi connectivity index (χ3n) is 3.94. The zero-order chi connectivity index (χ0) is 14.6. The van der Waals surface area contributed by atoms with E-state index in [0.29, 0.717) is 19.0 Å². The van der Waals surface area contributed by atoms with E-state index in [0.717, 1.165) is 25.6 Å². The lowest BCUT2D eigenvalue weighted by Crippen LogP contribution is -2.57. The molecule has 1 aliphatic carbocycles. The molecule has 0 aromatic carbocycles. The molecule has 1 amide bonds. The lowest BCUT2D eigenvalue weighted by atomic mass is 9.82. The fraction of sp³-hybridized carbons (Fsp3) is 0.917. The molecule has 1 saturated carbocycles. The zero-order valence-electron chi connectivity index (χ0n) is 11.7. The van der Waals surface area contributed by atoms with E-state index in [1.54, 1.807) is 4.90 Å². The van der Waals surface area contributed by atoms with Crippen LogP contribution in [0.5, 0.6) is 0 Å². The summed E-state index contributed by atoms with van der Waals surface area (Å²) in [5.74, 6) is 0.447. The normalized spacial score (nSPS) is 25.4. The van der Waals surface area contributed by atoms with E-state index in [1.807, 2.05) is 0 Å². The second kappa shape index (κ2) is 6.73. The molecule has 0 aromatic rings. The van der Waals surface area contributed by atoms with Crippen LogP contribution in [0.3, 0.4) is 0 Å². The van der Waals surface area contributed by atoms with Gasteiger partial charge in [0.2, 0.25) is 0 Å². The van der Waals surface area contributed by atoms with Crippen molar-refractivity contribution in [3.05, 3.63) is 0 Å². The van der Waals surface area contributed by atoms with Crippen LogP contribution in [0.1, 0.15) is 32.1 Å². The highest BCUT2D eigenvalue weighted by molar-refractivity contribution is 7.85. The summed E-state index contributed by atoms with van der Waals surface area (Å²) in [4.78, 5) is 18.0. The average Bonchev–Trinajstić information content (AvgIpc) is 2.45. The summed E-state index contributed by atoms with van der Waals surface area (Å²) in [7, 11) is -3.79. The predicted molar refractivity (Wildman–Crippen MR) is 72.3 cm³/mol. The minimum absolute atomic E-state index is 0.0553. The number of carbonyl (C=O) groups excluding carboxylic acids is 1. The van der Waals surface area contributed by atoms with Crippen LogP contribution in [0.4, 0.5) is 4.79 Å². The van der Waals surface area contributed by atoms with Crippen molar-refractivity contribution < 1.29 is 22.4 Å². The molecule has 0 spiro atoms. The molecule has 116 valence electrons. The van der Waals surface area contributed by atoms with Gasteiger partial charge in [-0.05, 0) is 18.8 Å². The predicted octanol–water partition coefficient (Wildman–Crippen LogP) is 0.868. The Kier molecular flexibility index (Phi) is 5.22. The van der Waals surface area contributed by atoms with Gasteiger partial charge < -0.3 is 10.2 Å². The number of hydrogen-bond acceptors (Lipinski definition) is 6. The monoisotopic (exact) mass is 306 g/mol. The van der Waals surface area contributed by atoms with Crippen LogP contribution in [0.2, 0.25) is 0 Å². The highest BCUT2D eigenvalue weighted by Gasteiger charge is 2.35. The molecule has 1 aliphatic heterocycles. The molecule has 1 atom stereocenters. The Labute approximate surface area is 119 Å². The standard InChI is InChI=1S/C12H22N2O5S/c1-20(16,17)19-18-12(15)14-8-7-13-9-11(14)10-5-3-2-4-6-10/h10-11,13H,2-9H2,1H3. The van der Waals surface area contributed by atoms with E-state index < -0.39 is 16.2 Å². The van der Waals surface area contributed by atoms with Gasteiger partial charge in [0.05, 0.1) is 12.3 Å². The second-order valence-electron chi connectivity index (χ2n) is 5.48. The number of hydrogen-bond donors (Lipinski definition) is 1. The maximum absolute atomic E-state index is 12.0. The number of carbonyl (C=O) groups is 1. The van der Waals surface area contributed by atoms with Crippen molar-refractivity contribution in [2.75, 3.05) is 25.9 Å². The first-order chi connectivity index (χ1) is 9.47. The van der Waals surface area contributed by atoms with E-state index in [2.05, 4.69) is 14.5 Å². The highest BCUT2D eigenvalue weighted by Crippen LogP contribution is 2.30. The summed E-state index contributed by atoms with van der Waals surface area (Å²) < 4.78 is 25.9. The van der Waals surface area contributed by atoms with Crippen LogP contribution in [0.15, 0.2) is 0 Å². The maximum atomic E-state index is 12.0. The molecule has 0 bridgehead atoms. The molecule has 2 fully saturated rings. The van der Waals surface area contributed by atoms with Crippen LogP contribution in [-0.2, 0) is 19.3 Å². The zero-order valence-corrected chi connectivity index (χ0v) is 12.5. The van der Waals surface area contributed by atoms with Gasteiger partial charge >= 0.3 is 6.09 Å². The SMILES string of the molecule is CS(=O)(=O)OOC(=O)N1CCNCC1C1CCCCC1. The summed E-state index contributed by atoms with van der Waals surface area (Å²) in [5.41, 5.74) is 0. The molecule has 0 aromatic heterocycles. The van der Waals surface area contributed by atoms with Gasteiger partial charge in [0, 0.05) is 19.6 Å². The van der Waals surface area contributed by atoms with Crippen molar-refractivity contribution >= 4 is 16.2 Å². The molecule has 7 nitrogen and oxygen atoms in total. The largest absolute Gasteiger partial charge is 0.443 e. The van der Waals surface area contributed by atoms with E-state index in [-0.39, 0.29) is 6.04 Å². The minimum atomic E-state index is -3.79. The Bertz CT molecular complexity index is 433. The van der Waals surface area contributed by atoms with E-state index >= 15 is 0 Å². The van der Waals surface area contributed by atoms with Crippen molar-refractivity contribution in [2.45, 2.75) is 38.1 Å². The summed E-state index contributed by atoms with van der Waals surface area (Å²) in [6.45, 7) is 1.91. The molecular weight excluding hydrogens is 284 g/mol. The van der Waals surface area contributed by atoms with E-state index in [9.17, 15) is 13.2 Å². The lowest BCUT2D eigenvalue weighted by Gasteiger charge is -2.40. The Morgan fingerprint density at radius 3 is 2.60 bits per heavy atom. The molecule has 1 unspecified atom stereocenters. The van der Waals surface area contributed by atoms with Crippen LogP contribution in [0, 0.1) is 5.92 Å². The molecule has 1 saturated heterocycles. The maximum Gasteiger partial charge on any atom is 0.443 e. The van der Waals surface area contributed by atoms with Crippen LogP contribution >= 0.6 is 0 Å². The van der Waals surface area contributed by atoms with Gasteiger partial charge in [0.15, 0.2) is 0 Å². The van der Waals surface area contributed by atoms with E-state index in [1.165, 1.54) is 19.3 Å². The summed E-state index contributed by atoms with van der Waals surface area (Å²) in [6, 6.07) is 0.0553. The number of nitrogens with zero attached hydrogens (tertiary/aromatic N) is 1. The third kappa shape index (κ3) is 4.32. The average molecular weight is 306 g/mol.